The first-order valence-corrected chi connectivity index (χ1v) is 8.86. The number of carbonyl (C=O) groups excluding carboxylic acids is 1. The lowest BCUT2D eigenvalue weighted by molar-refractivity contribution is -0.139. The number of alkyl halides is 2. The first-order valence-electron chi connectivity index (χ1n) is 8.86. The highest BCUT2D eigenvalue weighted by Gasteiger charge is 2.35. The third-order valence-electron chi connectivity index (χ3n) is 5.25. The standard InChI is InChI=1S/C20H18F2N2O4/c1-9-12-3-2-10(6-11(12)7-23-9)13-4-5-14-16(18(13)28-20(21)22)24-8-15(17(14)25)19(26)27/h2-6,9,15,20,23-24H,7-8H2,1H3,(H,26,27)/t9-,15?/m1/s1. The van der Waals surface area contributed by atoms with Gasteiger partial charge < -0.3 is 20.5 Å². The molecule has 6 nitrogen and oxygen atoms in total. The molecule has 2 aliphatic rings. The van der Waals surface area contributed by atoms with Gasteiger partial charge in [-0.15, -0.1) is 0 Å². The van der Waals surface area contributed by atoms with Gasteiger partial charge in [0.25, 0.3) is 0 Å². The number of ether oxygens (including phenoxy) is 1. The summed E-state index contributed by atoms with van der Waals surface area (Å²) < 4.78 is 31.0. The van der Waals surface area contributed by atoms with Gasteiger partial charge >= 0.3 is 12.6 Å². The number of benzene rings is 2. The summed E-state index contributed by atoms with van der Waals surface area (Å²) >= 11 is 0. The van der Waals surface area contributed by atoms with Crippen molar-refractivity contribution in [2.75, 3.05) is 11.9 Å². The Morgan fingerprint density at radius 3 is 2.71 bits per heavy atom. The molecule has 0 amide bonds. The SMILES string of the molecule is C[C@H]1NCc2cc(-c3ccc4c(c3OC(F)F)NCC(C(=O)O)C4=O)ccc21. The minimum atomic E-state index is -3.09. The van der Waals surface area contributed by atoms with E-state index in [1.807, 2.05) is 25.1 Å². The van der Waals surface area contributed by atoms with E-state index in [1.165, 1.54) is 12.1 Å². The molecule has 0 saturated heterocycles. The molecular formula is C20H18F2N2O4. The summed E-state index contributed by atoms with van der Waals surface area (Å²) in [6.07, 6.45) is 0. The van der Waals surface area contributed by atoms with Gasteiger partial charge in [-0.3, -0.25) is 9.59 Å². The molecule has 0 spiro atoms. The maximum atomic E-state index is 13.1. The minimum absolute atomic E-state index is 0.0366. The zero-order valence-corrected chi connectivity index (χ0v) is 15.0. The highest BCUT2D eigenvalue weighted by Crippen LogP contribution is 2.43. The molecule has 0 radical (unpaired) electrons. The molecule has 0 saturated carbocycles. The third kappa shape index (κ3) is 2.99. The summed E-state index contributed by atoms with van der Waals surface area (Å²) in [6.45, 7) is -0.549. The van der Waals surface area contributed by atoms with E-state index in [0.717, 1.165) is 11.1 Å². The normalized spacial score (nSPS) is 20.5. The molecule has 28 heavy (non-hydrogen) atoms. The Bertz CT molecular complexity index is 977. The Labute approximate surface area is 159 Å². The van der Waals surface area contributed by atoms with Crippen LogP contribution < -0.4 is 15.4 Å². The van der Waals surface area contributed by atoms with Crippen LogP contribution in [0.5, 0.6) is 5.75 Å². The summed E-state index contributed by atoms with van der Waals surface area (Å²) in [7, 11) is 0. The molecule has 2 atom stereocenters. The Hall–Kier alpha value is -3.00. The number of fused-ring (bicyclic) bond motifs is 2. The van der Waals surface area contributed by atoms with Crippen LogP contribution in [0.25, 0.3) is 11.1 Å². The number of Topliss-reactive ketones (excluding diaryl/α,β-unsaturated/α-hetero) is 1. The predicted molar refractivity (Wildman–Crippen MR) is 97.7 cm³/mol. The van der Waals surface area contributed by atoms with E-state index in [1.54, 1.807) is 0 Å². The van der Waals surface area contributed by atoms with Crippen molar-refractivity contribution in [1.82, 2.24) is 5.32 Å². The highest BCUT2D eigenvalue weighted by molar-refractivity contribution is 6.14. The predicted octanol–water partition coefficient (Wildman–Crippen LogP) is 3.43. The fourth-order valence-electron chi connectivity index (χ4n) is 3.81. The van der Waals surface area contributed by atoms with Gasteiger partial charge in [-0.2, -0.15) is 8.78 Å². The van der Waals surface area contributed by atoms with Crippen LogP contribution in [0, 0.1) is 5.92 Å². The smallest absolute Gasteiger partial charge is 0.387 e. The van der Waals surface area contributed by atoms with E-state index in [9.17, 15) is 23.5 Å². The number of nitrogens with one attached hydrogen (secondary N) is 2. The van der Waals surface area contributed by atoms with Crippen molar-refractivity contribution in [2.24, 2.45) is 5.92 Å². The van der Waals surface area contributed by atoms with E-state index in [4.69, 9.17) is 4.74 Å². The second-order valence-electron chi connectivity index (χ2n) is 6.90. The highest BCUT2D eigenvalue weighted by atomic mass is 19.3. The number of hydrogen-bond acceptors (Lipinski definition) is 5. The average molecular weight is 388 g/mol. The summed E-state index contributed by atoms with van der Waals surface area (Å²) in [6, 6.07) is 8.88. The monoisotopic (exact) mass is 388 g/mol. The van der Waals surface area contributed by atoms with Gasteiger partial charge in [-0.25, -0.2) is 0 Å². The van der Waals surface area contributed by atoms with Crippen LogP contribution in [0.2, 0.25) is 0 Å². The van der Waals surface area contributed by atoms with Gasteiger partial charge in [0.2, 0.25) is 0 Å². The molecule has 2 aromatic rings. The number of halogens is 2. The van der Waals surface area contributed by atoms with Crippen molar-refractivity contribution in [3.63, 3.8) is 0 Å². The second-order valence-corrected chi connectivity index (χ2v) is 6.90. The number of rotatable bonds is 4. The van der Waals surface area contributed by atoms with Crippen molar-refractivity contribution in [1.29, 1.82) is 0 Å². The molecular weight excluding hydrogens is 370 g/mol. The van der Waals surface area contributed by atoms with Crippen molar-refractivity contribution >= 4 is 17.4 Å². The number of carbonyl (C=O) groups is 2. The van der Waals surface area contributed by atoms with Gasteiger partial charge in [-0.05, 0) is 41.8 Å². The number of aliphatic carboxylic acids is 1. The van der Waals surface area contributed by atoms with Gasteiger partial charge in [-0.1, -0.05) is 12.1 Å². The van der Waals surface area contributed by atoms with E-state index >= 15 is 0 Å². The quantitative estimate of drug-likeness (QED) is 0.696. The Balaban J connectivity index is 1.83. The molecule has 0 fully saturated rings. The van der Waals surface area contributed by atoms with Gasteiger partial charge in [0.15, 0.2) is 11.5 Å². The zero-order chi connectivity index (χ0) is 20.0. The lowest BCUT2D eigenvalue weighted by Gasteiger charge is -2.26. The molecule has 146 valence electrons. The largest absolute Gasteiger partial charge is 0.481 e. The molecule has 2 heterocycles. The first-order chi connectivity index (χ1) is 13.4. The summed E-state index contributed by atoms with van der Waals surface area (Å²) in [5, 5.41) is 15.3. The molecule has 2 aromatic carbocycles. The topological polar surface area (TPSA) is 87.7 Å². The van der Waals surface area contributed by atoms with Crippen molar-refractivity contribution in [3.05, 3.63) is 47.0 Å². The van der Waals surface area contributed by atoms with E-state index in [-0.39, 0.29) is 29.6 Å². The average Bonchev–Trinajstić information content (AvgIpc) is 3.02. The Morgan fingerprint density at radius 1 is 1.25 bits per heavy atom. The molecule has 0 aromatic heterocycles. The van der Waals surface area contributed by atoms with Crippen molar-refractivity contribution in [2.45, 2.75) is 26.1 Å². The summed E-state index contributed by atoms with van der Waals surface area (Å²) in [5.74, 6) is -3.29. The zero-order valence-electron chi connectivity index (χ0n) is 15.0. The van der Waals surface area contributed by atoms with E-state index < -0.39 is 24.3 Å². The van der Waals surface area contributed by atoms with Crippen LogP contribution in [0.1, 0.15) is 34.5 Å². The molecule has 1 unspecified atom stereocenters. The van der Waals surface area contributed by atoms with Crippen molar-refractivity contribution < 1.29 is 28.2 Å². The van der Waals surface area contributed by atoms with Gasteiger partial charge in [0.05, 0.1) is 5.69 Å². The van der Waals surface area contributed by atoms with Crippen LogP contribution in [0.3, 0.4) is 0 Å². The van der Waals surface area contributed by atoms with Crippen LogP contribution in [-0.2, 0) is 11.3 Å². The van der Waals surface area contributed by atoms with E-state index in [0.29, 0.717) is 17.7 Å². The number of ketones is 1. The summed E-state index contributed by atoms with van der Waals surface area (Å²) in [5.41, 5.74) is 3.45. The van der Waals surface area contributed by atoms with E-state index in [2.05, 4.69) is 10.6 Å². The lowest BCUT2D eigenvalue weighted by Crippen LogP contribution is -2.35. The maximum absolute atomic E-state index is 13.1. The fraction of sp³-hybridized carbons (Fsp3) is 0.300. The van der Waals surface area contributed by atoms with Crippen LogP contribution in [0.4, 0.5) is 14.5 Å². The Morgan fingerprint density at radius 2 is 2.00 bits per heavy atom. The second kappa shape index (κ2) is 6.87. The molecule has 4 rings (SSSR count). The maximum Gasteiger partial charge on any atom is 0.387 e. The third-order valence-corrected chi connectivity index (χ3v) is 5.25. The number of anilines is 1. The molecule has 2 aliphatic heterocycles. The van der Waals surface area contributed by atoms with Crippen molar-refractivity contribution in [3.8, 4) is 16.9 Å². The molecule has 3 N–H and O–H groups in total. The number of carboxylic acid groups (broad SMARTS) is 1. The lowest BCUT2D eigenvalue weighted by atomic mass is 9.89. The van der Waals surface area contributed by atoms with Gasteiger partial charge in [0.1, 0.15) is 5.92 Å². The number of hydrogen-bond donors (Lipinski definition) is 3. The van der Waals surface area contributed by atoms with Gasteiger partial charge in [0, 0.05) is 30.3 Å². The Kier molecular flexibility index (Phi) is 4.50. The van der Waals surface area contributed by atoms with Crippen LogP contribution in [0.15, 0.2) is 30.3 Å². The van der Waals surface area contributed by atoms with Crippen LogP contribution in [-0.4, -0.2) is 30.0 Å². The molecule has 0 aliphatic carbocycles. The fourth-order valence-corrected chi connectivity index (χ4v) is 3.81. The molecule has 0 bridgehead atoms. The van der Waals surface area contributed by atoms with Crippen LogP contribution >= 0.6 is 0 Å². The minimum Gasteiger partial charge on any atom is -0.481 e. The summed E-state index contributed by atoms with van der Waals surface area (Å²) in [4.78, 5) is 23.7. The molecule has 8 heteroatoms. The first kappa shape index (κ1) is 18.4. The number of carboxylic acids is 1.